The Bertz CT molecular complexity index is 1000. The molecule has 0 bridgehead atoms. The number of fused-ring (bicyclic) bond motifs is 1. The van der Waals surface area contributed by atoms with E-state index in [1.165, 1.54) is 25.8 Å². The van der Waals surface area contributed by atoms with Gasteiger partial charge in [-0.3, -0.25) is 19.0 Å². The predicted octanol–water partition coefficient (Wildman–Crippen LogP) is 3.01. The quantitative estimate of drug-likeness (QED) is 0.702. The summed E-state index contributed by atoms with van der Waals surface area (Å²) in [6.07, 6.45) is 0.135. The highest BCUT2D eigenvalue weighted by Gasteiger charge is 2.28. The van der Waals surface area contributed by atoms with E-state index in [0.717, 1.165) is 5.69 Å². The van der Waals surface area contributed by atoms with Gasteiger partial charge in [0.25, 0.3) is 5.56 Å². The predicted molar refractivity (Wildman–Crippen MR) is 113 cm³/mol. The van der Waals surface area contributed by atoms with E-state index in [-0.39, 0.29) is 35.8 Å². The van der Waals surface area contributed by atoms with E-state index in [4.69, 9.17) is 4.74 Å². The number of carbonyl (C=O) groups excluding carboxylic acids is 2. The number of rotatable bonds is 6. The average molecular weight is 417 g/mol. The molecule has 2 heterocycles. The largest absolute Gasteiger partial charge is 0.495 e. The van der Waals surface area contributed by atoms with Crippen molar-refractivity contribution >= 4 is 35.0 Å². The summed E-state index contributed by atoms with van der Waals surface area (Å²) in [6.45, 7) is 5.39. The van der Waals surface area contributed by atoms with Gasteiger partial charge in [-0.2, -0.15) is 0 Å². The Labute approximate surface area is 173 Å². The van der Waals surface area contributed by atoms with Crippen LogP contribution in [0.5, 0.6) is 5.75 Å². The Morgan fingerprint density at radius 2 is 2.07 bits per heavy atom. The lowest BCUT2D eigenvalue weighted by atomic mass is 10.1. The molecular formula is C20H24N4O4S. The van der Waals surface area contributed by atoms with E-state index >= 15 is 0 Å². The van der Waals surface area contributed by atoms with Crippen molar-refractivity contribution < 1.29 is 14.3 Å². The number of nitrogens with one attached hydrogen (secondary N) is 2. The molecule has 0 aliphatic carbocycles. The zero-order chi connectivity index (χ0) is 21.1. The monoisotopic (exact) mass is 416 g/mol. The van der Waals surface area contributed by atoms with Gasteiger partial charge in [0.05, 0.1) is 24.5 Å². The van der Waals surface area contributed by atoms with Crippen LogP contribution in [0, 0.1) is 0 Å². The van der Waals surface area contributed by atoms with E-state index in [0.29, 0.717) is 28.0 Å². The van der Waals surface area contributed by atoms with E-state index in [2.05, 4.69) is 15.6 Å². The number of amides is 2. The van der Waals surface area contributed by atoms with Gasteiger partial charge >= 0.3 is 0 Å². The second-order valence-corrected chi connectivity index (χ2v) is 8.13. The Morgan fingerprint density at radius 1 is 1.31 bits per heavy atom. The number of nitrogens with zero attached hydrogens (tertiary/aromatic N) is 2. The topological polar surface area (TPSA) is 102 Å². The molecule has 0 unspecified atom stereocenters. The van der Waals surface area contributed by atoms with Crippen LogP contribution < -0.4 is 20.9 Å². The lowest BCUT2D eigenvalue weighted by Crippen LogP contribution is -2.28. The fourth-order valence-corrected chi connectivity index (χ4v) is 4.27. The number of hydrogen-bond donors (Lipinski definition) is 2. The van der Waals surface area contributed by atoms with Crippen LogP contribution in [0.4, 0.5) is 11.4 Å². The van der Waals surface area contributed by atoms with Gasteiger partial charge in [-0.25, -0.2) is 4.98 Å². The van der Waals surface area contributed by atoms with Crippen LogP contribution in [0.1, 0.15) is 44.8 Å². The minimum absolute atomic E-state index is 0.133. The first-order chi connectivity index (χ1) is 13.8. The third-order valence-corrected chi connectivity index (χ3v) is 5.61. The Morgan fingerprint density at radius 3 is 2.72 bits per heavy atom. The normalized spacial score (nSPS) is 15.1. The van der Waals surface area contributed by atoms with E-state index in [9.17, 15) is 14.4 Å². The first-order valence-corrected chi connectivity index (χ1v) is 10.3. The fraction of sp³-hybridized carbons (Fsp3) is 0.400. The van der Waals surface area contributed by atoms with E-state index < -0.39 is 0 Å². The summed E-state index contributed by atoms with van der Waals surface area (Å²) in [6, 6.07) is 6.28. The molecule has 2 amide bonds. The van der Waals surface area contributed by atoms with Gasteiger partial charge in [-0.15, -0.1) is 0 Å². The average Bonchev–Trinajstić information content (AvgIpc) is 3.04. The first-order valence-electron chi connectivity index (χ1n) is 9.30. The molecule has 0 radical (unpaired) electrons. The molecule has 1 atom stereocenters. The number of ether oxygens (including phenoxy) is 1. The summed E-state index contributed by atoms with van der Waals surface area (Å²) in [7, 11) is 1.50. The van der Waals surface area contributed by atoms with Crippen LogP contribution in [0.3, 0.4) is 0 Å². The zero-order valence-corrected chi connectivity index (χ0v) is 17.6. The Hall–Kier alpha value is -2.81. The van der Waals surface area contributed by atoms with Crippen LogP contribution in [0.25, 0.3) is 0 Å². The molecule has 0 fully saturated rings. The molecule has 1 aromatic carbocycles. The van der Waals surface area contributed by atoms with Crippen molar-refractivity contribution in [2.75, 3.05) is 23.5 Å². The lowest BCUT2D eigenvalue weighted by Gasteiger charge is -2.16. The van der Waals surface area contributed by atoms with Gasteiger partial charge in [0, 0.05) is 30.9 Å². The number of methoxy groups -OCH3 is 1. The summed E-state index contributed by atoms with van der Waals surface area (Å²) in [5, 5.41) is 6.15. The summed E-state index contributed by atoms with van der Waals surface area (Å²) >= 11 is 1.49. The van der Waals surface area contributed by atoms with Crippen molar-refractivity contribution in [3.05, 3.63) is 40.3 Å². The fourth-order valence-electron chi connectivity index (χ4n) is 3.12. The number of thioether (sulfide) groups is 1. The standard InChI is InChI=1S/C20H24N4O4S/c1-11(2)15-9-19(27)24-14(10-29-20(24)23-15)8-18(26)22-16-7-13(21-12(3)25)5-6-17(16)28-4/h5-7,9,11,14H,8,10H2,1-4H3,(H,21,25)(H,22,26)/t14-/m1/s1. The second-order valence-electron chi connectivity index (χ2n) is 7.14. The van der Waals surface area contributed by atoms with Crippen molar-refractivity contribution in [3.63, 3.8) is 0 Å². The first kappa shape index (κ1) is 20.9. The smallest absolute Gasteiger partial charge is 0.254 e. The molecule has 154 valence electrons. The SMILES string of the molecule is COc1ccc(NC(C)=O)cc1NC(=O)C[C@@H]1CSc2nc(C(C)C)cc(=O)n21. The van der Waals surface area contributed by atoms with Gasteiger partial charge < -0.3 is 15.4 Å². The highest BCUT2D eigenvalue weighted by molar-refractivity contribution is 7.99. The summed E-state index contributed by atoms with van der Waals surface area (Å²) < 4.78 is 6.89. The molecule has 0 saturated heterocycles. The molecule has 2 aromatic rings. The van der Waals surface area contributed by atoms with Crippen LogP contribution in [-0.4, -0.2) is 34.2 Å². The number of aromatic nitrogens is 2. The number of anilines is 2. The highest BCUT2D eigenvalue weighted by atomic mass is 32.2. The molecule has 8 nitrogen and oxygen atoms in total. The molecule has 9 heteroatoms. The minimum Gasteiger partial charge on any atom is -0.495 e. The molecule has 29 heavy (non-hydrogen) atoms. The lowest BCUT2D eigenvalue weighted by molar-refractivity contribution is -0.117. The molecule has 2 N–H and O–H groups in total. The van der Waals surface area contributed by atoms with Gasteiger partial charge in [-0.1, -0.05) is 25.6 Å². The molecule has 1 aliphatic heterocycles. The van der Waals surface area contributed by atoms with Crippen molar-refractivity contribution in [3.8, 4) is 5.75 Å². The third kappa shape index (κ3) is 4.79. The molecule has 0 saturated carbocycles. The minimum atomic E-state index is -0.263. The summed E-state index contributed by atoms with van der Waals surface area (Å²) in [4.78, 5) is 41.1. The maximum absolute atomic E-state index is 12.7. The molecule has 1 aliphatic rings. The van der Waals surface area contributed by atoms with Crippen molar-refractivity contribution in [1.82, 2.24) is 9.55 Å². The molecule has 1 aromatic heterocycles. The van der Waals surface area contributed by atoms with Crippen LogP contribution in [-0.2, 0) is 9.59 Å². The third-order valence-electron chi connectivity index (χ3n) is 4.52. The van der Waals surface area contributed by atoms with Gasteiger partial charge in [0.1, 0.15) is 5.75 Å². The maximum Gasteiger partial charge on any atom is 0.254 e. The highest BCUT2D eigenvalue weighted by Crippen LogP contribution is 2.34. The number of carbonyl (C=O) groups is 2. The maximum atomic E-state index is 12.7. The summed E-state index contributed by atoms with van der Waals surface area (Å²) in [5.74, 6) is 0.801. The molecule has 3 rings (SSSR count). The molecule has 0 spiro atoms. The van der Waals surface area contributed by atoms with Crippen molar-refractivity contribution in [2.45, 2.75) is 44.3 Å². The second kappa shape index (κ2) is 8.69. The van der Waals surface area contributed by atoms with E-state index in [1.54, 1.807) is 28.8 Å². The van der Waals surface area contributed by atoms with Crippen molar-refractivity contribution in [2.24, 2.45) is 0 Å². The Kier molecular flexibility index (Phi) is 6.26. The van der Waals surface area contributed by atoms with Crippen LogP contribution in [0.15, 0.2) is 34.2 Å². The van der Waals surface area contributed by atoms with Crippen LogP contribution in [0.2, 0.25) is 0 Å². The molecular weight excluding hydrogens is 392 g/mol. The van der Waals surface area contributed by atoms with Gasteiger partial charge in [0.15, 0.2) is 5.16 Å². The van der Waals surface area contributed by atoms with Gasteiger partial charge in [0.2, 0.25) is 11.8 Å². The van der Waals surface area contributed by atoms with Crippen molar-refractivity contribution in [1.29, 1.82) is 0 Å². The van der Waals surface area contributed by atoms with Gasteiger partial charge in [-0.05, 0) is 24.1 Å². The zero-order valence-electron chi connectivity index (χ0n) is 16.8. The Balaban J connectivity index is 1.76. The number of hydrogen-bond acceptors (Lipinski definition) is 6. The number of benzene rings is 1. The van der Waals surface area contributed by atoms with E-state index in [1.807, 2.05) is 13.8 Å². The summed E-state index contributed by atoms with van der Waals surface area (Å²) in [5.41, 5.74) is 1.64. The van der Waals surface area contributed by atoms with Crippen LogP contribution >= 0.6 is 11.8 Å².